The Morgan fingerprint density at radius 2 is 1.67 bits per heavy atom. The van der Waals surface area contributed by atoms with Crippen molar-refractivity contribution in [3.63, 3.8) is 0 Å². The monoisotopic (exact) mass is 342 g/mol. The lowest BCUT2D eigenvalue weighted by atomic mass is 10.2. The van der Waals surface area contributed by atoms with Crippen LogP contribution in [-0.2, 0) is 14.4 Å². The van der Waals surface area contributed by atoms with Crippen LogP contribution in [0.4, 0.5) is 5.69 Å². The molecular formula is C15H22N2O7. The number of rotatable bonds is 7. The Labute approximate surface area is 139 Å². The number of benzene rings is 1. The van der Waals surface area contributed by atoms with Crippen LogP contribution in [0.25, 0.3) is 0 Å². The van der Waals surface area contributed by atoms with Gasteiger partial charge in [0.25, 0.3) is 0 Å². The molecule has 0 aliphatic rings. The summed E-state index contributed by atoms with van der Waals surface area (Å²) in [5.41, 5.74) is 0.746. The summed E-state index contributed by atoms with van der Waals surface area (Å²) in [5.74, 6) is -2.95. The summed E-state index contributed by atoms with van der Waals surface area (Å²) in [7, 11) is 1.60. The largest absolute Gasteiger partial charge is 0.497 e. The Hall–Kier alpha value is -2.65. The van der Waals surface area contributed by atoms with E-state index in [1.165, 1.54) is 0 Å². The van der Waals surface area contributed by atoms with E-state index >= 15 is 0 Å². The molecular weight excluding hydrogens is 320 g/mol. The zero-order valence-electron chi connectivity index (χ0n) is 13.5. The maximum Gasteiger partial charge on any atom is 0.414 e. The maximum absolute atomic E-state index is 11.7. The average Bonchev–Trinajstić information content (AvgIpc) is 2.54. The fraction of sp³-hybridized carbons (Fsp3) is 0.400. The van der Waals surface area contributed by atoms with Gasteiger partial charge in [-0.1, -0.05) is 0 Å². The summed E-state index contributed by atoms with van der Waals surface area (Å²) >= 11 is 0. The molecule has 1 atom stereocenters. The van der Waals surface area contributed by atoms with Crippen LogP contribution < -0.4 is 15.4 Å². The van der Waals surface area contributed by atoms with Gasteiger partial charge >= 0.3 is 11.9 Å². The molecule has 24 heavy (non-hydrogen) atoms. The van der Waals surface area contributed by atoms with E-state index in [4.69, 9.17) is 29.6 Å². The number of methoxy groups -OCH3 is 1. The van der Waals surface area contributed by atoms with E-state index in [0.29, 0.717) is 13.0 Å². The molecule has 0 saturated heterocycles. The first-order chi connectivity index (χ1) is 11.3. The maximum atomic E-state index is 11.7. The van der Waals surface area contributed by atoms with Crippen LogP contribution in [0.2, 0.25) is 0 Å². The lowest BCUT2D eigenvalue weighted by molar-refractivity contribution is -0.159. The number of anilines is 1. The fourth-order valence-corrected chi connectivity index (χ4v) is 1.55. The van der Waals surface area contributed by atoms with Gasteiger partial charge in [0.2, 0.25) is 5.91 Å². The Kier molecular flexibility index (Phi) is 10.5. The molecule has 0 heterocycles. The topological polar surface area (TPSA) is 145 Å². The summed E-state index contributed by atoms with van der Waals surface area (Å²) in [6, 6.07) is 7.22. The van der Waals surface area contributed by atoms with Gasteiger partial charge in [-0.05, 0) is 31.2 Å². The summed E-state index contributed by atoms with van der Waals surface area (Å²) in [6.45, 7) is 2.48. The molecule has 0 radical (unpaired) electrons. The summed E-state index contributed by atoms with van der Waals surface area (Å²) in [5, 5.41) is 29.3. The van der Waals surface area contributed by atoms with Gasteiger partial charge in [0.05, 0.1) is 13.7 Å². The second-order valence-corrected chi connectivity index (χ2v) is 4.67. The Morgan fingerprint density at radius 1 is 1.12 bits per heavy atom. The van der Waals surface area contributed by atoms with E-state index in [9.17, 15) is 4.79 Å². The number of carboxylic acid groups (broad SMARTS) is 2. The van der Waals surface area contributed by atoms with Crippen molar-refractivity contribution in [1.82, 2.24) is 5.32 Å². The predicted octanol–water partition coefficient (Wildman–Crippen LogP) is 0.150. The van der Waals surface area contributed by atoms with Crippen LogP contribution in [0.1, 0.15) is 13.3 Å². The molecule has 0 fully saturated rings. The summed E-state index contributed by atoms with van der Waals surface area (Å²) in [6.07, 6.45) is 0.367. The van der Waals surface area contributed by atoms with Gasteiger partial charge < -0.3 is 30.7 Å². The van der Waals surface area contributed by atoms with Crippen LogP contribution in [-0.4, -0.2) is 59.5 Å². The minimum absolute atomic E-state index is 0.0374. The number of amides is 1. The van der Waals surface area contributed by atoms with Crippen molar-refractivity contribution in [2.24, 2.45) is 0 Å². The van der Waals surface area contributed by atoms with Crippen LogP contribution >= 0.6 is 0 Å². The van der Waals surface area contributed by atoms with Gasteiger partial charge in [-0.15, -0.1) is 0 Å². The lowest BCUT2D eigenvalue weighted by Crippen LogP contribution is -2.32. The van der Waals surface area contributed by atoms with Crippen LogP contribution in [0.3, 0.4) is 0 Å². The molecule has 9 nitrogen and oxygen atoms in total. The second-order valence-electron chi connectivity index (χ2n) is 4.67. The number of aliphatic carboxylic acids is 2. The van der Waals surface area contributed by atoms with E-state index in [2.05, 4.69) is 10.6 Å². The number of hydrogen-bond acceptors (Lipinski definition) is 6. The van der Waals surface area contributed by atoms with Gasteiger partial charge in [-0.2, -0.15) is 0 Å². The van der Waals surface area contributed by atoms with E-state index < -0.39 is 11.9 Å². The quantitative estimate of drug-likeness (QED) is 0.440. The molecule has 0 spiro atoms. The van der Waals surface area contributed by atoms with E-state index in [1.807, 2.05) is 6.92 Å². The number of aliphatic hydroxyl groups excluding tert-OH is 1. The predicted molar refractivity (Wildman–Crippen MR) is 86.1 cm³/mol. The van der Waals surface area contributed by atoms with Crippen LogP contribution in [0.15, 0.2) is 24.3 Å². The third kappa shape index (κ3) is 10.1. The number of carboxylic acids is 2. The highest BCUT2D eigenvalue weighted by atomic mass is 16.5. The third-order valence-corrected chi connectivity index (χ3v) is 2.65. The molecule has 1 aromatic rings. The van der Waals surface area contributed by atoms with Gasteiger partial charge in [-0.3, -0.25) is 4.79 Å². The van der Waals surface area contributed by atoms with Gasteiger partial charge in [-0.25, -0.2) is 9.59 Å². The molecule has 134 valence electrons. The molecule has 0 aliphatic heterocycles. The molecule has 0 bridgehead atoms. The molecule has 5 N–H and O–H groups in total. The molecule has 1 amide bonds. The summed E-state index contributed by atoms with van der Waals surface area (Å²) < 4.78 is 5.04. The smallest absolute Gasteiger partial charge is 0.414 e. The average molecular weight is 342 g/mol. The van der Waals surface area contributed by atoms with Crippen LogP contribution in [0, 0.1) is 0 Å². The molecule has 0 aromatic heterocycles. The minimum atomic E-state index is -1.82. The van der Waals surface area contributed by atoms with Crippen LogP contribution in [0.5, 0.6) is 5.75 Å². The van der Waals surface area contributed by atoms with Gasteiger partial charge in [0, 0.05) is 24.7 Å². The normalized spacial score (nSPS) is 10.8. The molecule has 1 aromatic carbocycles. The van der Waals surface area contributed by atoms with Crippen molar-refractivity contribution in [3.8, 4) is 5.75 Å². The number of carbonyl (C=O) groups is 3. The molecule has 1 rings (SSSR count). The highest BCUT2D eigenvalue weighted by molar-refractivity contribution is 6.27. The summed E-state index contributed by atoms with van der Waals surface area (Å²) in [4.78, 5) is 29.9. The number of ether oxygens (including phenoxy) is 1. The minimum Gasteiger partial charge on any atom is -0.497 e. The Bertz CT molecular complexity index is 519. The first-order valence-corrected chi connectivity index (χ1v) is 7.04. The highest BCUT2D eigenvalue weighted by Crippen LogP contribution is 2.15. The van der Waals surface area contributed by atoms with Crippen molar-refractivity contribution in [3.05, 3.63) is 24.3 Å². The number of hydrogen-bond donors (Lipinski definition) is 5. The Balaban J connectivity index is 0.000000754. The first-order valence-electron chi connectivity index (χ1n) is 7.04. The lowest BCUT2D eigenvalue weighted by Gasteiger charge is -2.12. The molecule has 1 unspecified atom stereocenters. The number of carbonyl (C=O) groups excluding carboxylic acids is 1. The zero-order chi connectivity index (χ0) is 18.5. The van der Waals surface area contributed by atoms with Gasteiger partial charge in [0.15, 0.2) is 0 Å². The Morgan fingerprint density at radius 3 is 2.08 bits per heavy atom. The second kappa shape index (κ2) is 11.9. The third-order valence-electron chi connectivity index (χ3n) is 2.65. The number of nitrogens with one attached hydrogen (secondary N) is 2. The fourth-order valence-electron chi connectivity index (χ4n) is 1.55. The van der Waals surface area contributed by atoms with Gasteiger partial charge in [0.1, 0.15) is 5.75 Å². The van der Waals surface area contributed by atoms with Crippen molar-refractivity contribution in [1.29, 1.82) is 0 Å². The number of aliphatic hydroxyl groups is 1. The molecule has 9 heteroatoms. The van der Waals surface area contributed by atoms with Crippen molar-refractivity contribution in [2.45, 2.75) is 19.4 Å². The molecule has 0 aliphatic carbocycles. The van der Waals surface area contributed by atoms with Crippen molar-refractivity contribution >= 4 is 23.5 Å². The van der Waals surface area contributed by atoms with Crippen molar-refractivity contribution in [2.75, 3.05) is 25.6 Å². The van der Waals surface area contributed by atoms with E-state index in [-0.39, 0.29) is 18.6 Å². The van der Waals surface area contributed by atoms with E-state index in [1.54, 1.807) is 31.4 Å². The highest BCUT2D eigenvalue weighted by Gasteiger charge is 2.08. The standard InChI is InChI=1S/C13H20N2O3.C2H2O4/c1-10(14-7-8-16)9-13(17)15-11-3-5-12(18-2)6-4-11;3-1(4)2(5)6/h3-6,10,14,16H,7-9H2,1-2H3,(H,15,17);(H,3,4)(H,5,6). The zero-order valence-corrected chi connectivity index (χ0v) is 13.5. The molecule has 0 saturated carbocycles. The van der Waals surface area contributed by atoms with Crippen molar-refractivity contribution < 1.29 is 34.4 Å². The SMILES string of the molecule is COc1ccc(NC(=O)CC(C)NCCO)cc1.O=C(O)C(=O)O. The van der Waals surface area contributed by atoms with E-state index in [0.717, 1.165) is 11.4 Å². The first kappa shape index (κ1) is 21.3.